The molecule has 3 heterocycles. The van der Waals surface area contributed by atoms with Gasteiger partial charge in [0, 0.05) is 16.8 Å². The Bertz CT molecular complexity index is 2000. The second-order valence-electron chi connectivity index (χ2n) is 10.0. The fraction of sp³-hybridized carbons (Fsp3) is 0.194. The molecule has 3 aromatic carbocycles. The second-order valence-corrected chi connectivity index (χ2v) is 11.0. The number of nitrogens with zero attached hydrogens (tertiary/aromatic N) is 4. The van der Waals surface area contributed by atoms with Gasteiger partial charge in [-0.05, 0) is 55.0 Å². The van der Waals surface area contributed by atoms with E-state index in [0.717, 1.165) is 46.6 Å². The van der Waals surface area contributed by atoms with Gasteiger partial charge < -0.3 is 10.1 Å². The van der Waals surface area contributed by atoms with Crippen LogP contribution in [0.25, 0.3) is 21.9 Å². The fourth-order valence-corrected chi connectivity index (χ4v) is 5.81. The Morgan fingerprint density at radius 1 is 1.02 bits per heavy atom. The van der Waals surface area contributed by atoms with Crippen LogP contribution in [0.15, 0.2) is 77.6 Å². The van der Waals surface area contributed by atoms with Gasteiger partial charge in [0.05, 0.1) is 23.4 Å². The molecule has 1 N–H and O–H groups in total. The molecule has 44 heavy (non-hydrogen) atoms. The van der Waals surface area contributed by atoms with Crippen molar-refractivity contribution in [2.75, 3.05) is 23.4 Å². The average molecular weight is 620 g/mol. The summed E-state index contributed by atoms with van der Waals surface area (Å²) in [4.78, 5) is 46.0. The minimum Gasteiger partial charge on any atom is -0.494 e. The van der Waals surface area contributed by atoms with Crippen LogP contribution >= 0.6 is 11.3 Å². The summed E-state index contributed by atoms with van der Waals surface area (Å²) in [5.41, 5.74) is 0.135. The van der Waals surface area contributed by atoms with Gasteiger partial charge in [-0.3, -0.25) is 19.3 Å². The maximum absolute atomic E-state index is 13.7. The van der Waals surface area contributed by atoms with Crippen LogP contribution < -0.4 is 25.0 Å². The van der Waals surface area contributed by atoms with E-state index in [-0.39, 0.29) is 15.8 Å². The Morgan fingerprint density at radius 2 is 1.80 bits per heavy atom. The summed E-state index contributed by atoms with van der Waals surface area (Å²) in [7, 11) is 0. The number of carbonyl (C=O) groups excluding carboxylic acids is 2. The molecule has 0 atom stereocenters. The van der Waals surface area contributed by atoms with Gasteiger partial charge in [0.15, 0.2) is 5.82 Å². The molecule has 1 aliphatic heterocycles. The molecule has 6 rings (SSSR count). The third-order valence-electron chi connectivity index (χ3n) is 6.96. The van der Waals surface area contributed by atoms with Crippen molar-refractivity contribution in [1.82, 2.24) is 14.6 Å². The first-order valence-electron chi connectivity index (χ1n) is 13.7. The van der Waals surface area contributed by atoms with Gasteiger partial charge in [-0.25, -0.2) is 0 Å². The Labute approximate surface area is 252 Å². The molecular formula is C31H24F3N5O4S. The molecule has 13 heteroatoms. The van der Waals surface area contributed by atoms with Crippen LogP contribution in [0, 0.1) is 0 Å². The molecule has 2 aromatic heterocycles. The van der Waals surface area contributed by atoms with Crippen molar-refractivity contribution in [2.24, 2.45) is 0 Å². The first-order valence-corrected chi connectivity index (χ1v) is 14.5. The minimum atomic E-state index is -4.58. The van der Waals surface area contributed by atoms with E-state index >= 15 is 0 Å². The zero-order valence-corrected chi connectivity index (χ0v) is 24.0. The van der Waals surface area contributed by atoms with Crippen LogP contribution in [0.3, 0.4) is 0 Å². The summed E-state index contributed by atoms with van der Waals surface area (Å²) in [6.45, 7) is 2.22. The number of rotatable bonds is 8. The van der Waals surface area contributed by atoms with Gasteiger partial charge >= 0.3 is 6.18 Å². The lowest BCUT2D eigenvalue weighted by atomic mass is 10.1. The zero-order chi connectivity index (χ0) is 31.0. The van der Waals surface area contributed by atoms with E-state index in [9.17, 15) is 27.6 Å². The van der Waals surface area contributed by atoms with E-state index in [1.165, 1.54) is 17.0 Å². The van der Waals surface area contributed by atoms with Gasteiger partial charge in [-0.2, -0.15) is 22.7 Å². The van der Waals surface area contributed by atoms with Crippen LogP contribution in [0.1, 0.15) is 30.9 Å². The number of amides is 2. The molecule has 224 valence electrons. The number of carbonyl (C=O) groups is 2. The van der Waals surface area contributed by atoms with E-state index in [1.54, 1.807) is 36.4 Å². The van der Waals surface area contributed by atoms with Crippen LogP contribution in [-0.4, -0.2) is 39.6 Å². The topological polar surface area (TPSA) is 106 Å². The molecule has 1 aliphatic rings. The molecule has 9 nitrogen and oxygen atoms in total. The number of para-hydroxylation sites is 1. The van der Waals surface area contributed by atoms with Crippen LogP contribution in [-0.2, 0) is 15.8 Å². The number of fused-ring (bicyclic) bond motifs is 2. The maximum atomic E-state index is 13.7. The van der Waals surface area contributed by atoms with E-state index in [2.05, 4.69) is 22.3 Å². The molecule has 0 bridgehead atoms. The standard InChI is InChI=1S/C31H24F3N5O4S/c1-2-3-15-43-21-13-11-18(12-14-21)27-36-30-39(37-27)29(42)26(44-30)25-22-9-4-5-10-23(22)38(28(25)41)17-24(40)35-20-8-6-7-19(16-20)31(32,33)34/h4-14,16H,2-3,15,17H2,1H3,(H,35,40). The number of nitrogens with one attached hydrogen (secondary N) is 1. The first-order chi connectivity index (χ1) is 21.1. The molecule has 0 saturated heterocycles. The van der Waals surface area contributed by atoms with Crippen molar-refractivity contribution in [1.29, 1.82) is 0 Å². The van der Waals surface area contributed by atoms with E-state index < -0.39 is 35.7 Å². The average Bonchev–Trinajstić information content (AvgIpc) is 3.64. The molecule has 0 aliphatic carbocycles. The van der Waals surface area contributed by atoms with Gasteiger partial charge in [0.2, 0.25) is 10.9 Å². The highest BCUT2D eigenvalue weighted by Gasteiger charge is 2.36. The quantitative estimate of drug-likeness (QED) is 0.247. The predicted octanol–water partition coefficient (Wildman–Crippen LogP) is 4.92. The summed E-state index contributed by atoms with van der Waals surface area (Å²) >= 11 is 1.01. The number of anilines is 2. The Balaban J connectivity index is 1.28. The predicted molar refractivity (Wildman–Crippen MR) is 160 cm³/mol. The third-order valence-corrected chi connectivity index (χ3v) is 7.99. The molecular weight excluding hydrogens is 595 g/mol. The highest BCUT2D eigenvalue weighted by Crippen LogP contribution is 2.35. The molecule has 0 spiro atoms. The summed E-state index contributed by atoms with van der Waals surface area (Å²) in [6, 6.07) is 18.1. The summed E-state index contributed by atoms with van der Waals surface area (Å²) in [5.74, 6) is -0.232. The molecule has 0 radical (unpaired) electrons. The lowest BCUT2D eigenvalue weighted by Crippen LogP contribution is -2.37. The first kappa shape index (κ1) is 29.1. The summed E-state index contributed by atoms with van der Waals surface area (Å²) < 4.78 is 46.3. The Morgan fingerprint density at radius 3 is 2.52 bits per heavy atom. The van der Waals surface area contributed by atoms with Crippen molar-refractivity contribution in [3.8, 4) is 17.1 Å². The molecule has 0 fully saturated rings. The van der Waals surface area contributed by atoms with Crippen LogP contribution in [0.4, 0.5) is 24.5 Å². The molecule has 0 saturated carbocycles. The zero-order valence-electron chi connectivity index (χ0n) is 23.2. The minimum absolute atomic E-state index is 0.0594. The molecule has 5 aromatic rings. The van der Waals surface area contributed by atoms with Gasteiger partial charge in [0.1, 0.15) is 16.8 Å². The second kappa shape index (κ2) is 11.6. The Hall–Kier alpha value is -5.04. The van der Waals surface area contributed by atoms with Crippen LogP contribution in [0.5, 0.6) is 5.75 Å². The smallest absolute Gasteiger partial charge is 0.416 e. The van der Waals surface area contributed by atoms with Gasteiger partial charge in [0.25, 0.3) is 11.5 Å². The van der Waals surface area contributed by atoms with Crippen molar-refractivity contribution < 1.29 is 27.5 Å². The highest BCUT2D eigenvalue weighted by molar-refractivity contribution is 7.15. The summed E-state index contributed by atoms with van der Waals surface area (Å²) in [6.07, 6.45) is -2.60. The number of aromatic nitrogens is 3. The van der Waals surface area contributed by atoms with Crippen LogP contribution in [0.2, 0.25) is 0 Å². The van der Waals surface area contributed by atoms with Gasteiger partial charge in [-0.1, -0.05) is 48.9 Å². The number of alkyl halides is 3. The van der Waals surface area contributed by atoms with E-state index in [1.807, 2.05) is 12.1 Å². The maximum Gasteiger partial charge on any atom is 0.416 e. The van der Waals surface area contributed by atoms with E-state index in [4.69, 9.17) is 4.74 Å². The SMILES string of the molecule is CCCCOc1ccc(-c2nc3sc(=C4C(=O)N(CC(=O)Nc5cccc(C(F)(F)F)c5)c5ccccc54)c(=O)n3n2)cc1. The number of benzene rings is 3. The number of hydrogen-bond acceptors (Lipinski definition) is 7. The van der Waals surface area contributed by atoms with Crippen molar-refractivity contribution in [2.45, 2.75) is 25.9 Å². The monoisotopic (exact) mass is 619 g/mol. The number of halogens is 3. The van der Waals surface area contributed by atoms with E-state index in [0.29, 0.717) is 34.2 Å². The lowest BCUT2D eigenvalue weighted by molar-refractivity contribution is -0.137. The van der Waals surface area contributed by atoms with Crippen molar-refractivity contribution >= 4 is 45.1 Å². The number of ether oxygens (including phenoxy) is 1. The fourth-order valence-electron chi connectivity index (χ4n) is 4.82. The van der Waals surface area contributed by atoms with Crippen molar-refractivity contribution in [3.63, 3.8) is 0 Å². The number of unbranched alkanes of at least 4 members (excludes halogenated alkanes) is 1. The Kier molecular flexibility index (Phi) is 7.64. The molecule has 0 unspecified atom stereocenters. The largest absolute Gasteiger partial charge is 0.494 e. The summed E-state index contributed by atoms with van der Waals surface area (Å²) in [5, 5.41) is 6.80. The van der Waals surface area contributed by atoms with Crippen molar-refractivity contribution in [3.05, 3.63) is 98.8 Å². The third kappa shape index (κ3) is 5.53. The molecule has 2 amide bonds. The van der Waals surface area contributed by atoms with Gasteiger partial charge in [-0.15, -0.1) is 5.10 Å². The number of thiazole rings is 1. The normalized spacial score (nSPS) is 14.3. The number of hydrogen-bond donors (Lipinski definition) is 1. The highest BCUT2D eigenvalue weighted by atomic mass is 32.1. The lowest BCUT2D eigenvalue weighted by Gasteiger charge is -2.17.